The van der Waals surface area contributed by atoms with E-state index >= 15 is 0 Å². The molecule has 2 N–H and O–H groups in total. The molecule has 4 nitrogen and oxygen atoms in total. The Labute approximate surface area is 105 Å². The minimum atomic E-state index is -0.457. The first-order valence-corrected chi connectivity index (χ1v) is 5.53. The van der Waals surface area contributed by atoms with Crippen molar-refractivity contribution in [2.24, 2.45) is 5.73 Å². The maximum absolute atomic E-state index is 11.1. The molecular weight excluding hydrogens is 228 g/mol. The van der Waals surface area contributed by atoms with Crippen molar-refractivity contribution in [1.29, 1.82) is 0 Å². The molecular formula is C14H14N2O2. The van der Waals surface area contributed by atoms with Crippen LogP contribution in [0.25, 0.3) is 11.3 Å². The molecule has 0 atom stereocenters. The molecule has 0 spiro atoms. The van der Waals surface area contributed by atoms with E-state index in [1.165, 1.54) is 0 Å². The lowest BCUT2D eigenvalue weighted by atomic mass is 10.1. The molecule has 1 aromatic heterocycles. The Morgan fingerprint density at radius 2 is 1.83 bits per heavy atom. The molecule has 1 amide bonds. The van der Waals surface area contributed by atoms with Crippen LogP contribution in [0.4, 0.5) is 0 Å². The molecule has 92 valence electrons. The van der Waals surface area contributed by atoms with E-state index in [4.69, 9.17) is 10.5 Å². The summed E-state index contributed by atoms with van der Waals surface area (Å²) < 4.78 is 5.10. The number of hydrogen-bond acceptors (Lipinski definition) is 3. The lowest BCUT2D eigenvalue weighted by Gasteiger charge is -2.06. The minimum Gasteiger partial charge on any atom is -0.497 e. The molecule has 1 aromatic carbocycles. The average Bonchev–Trinajstić information content (AvgIpc) is 2.38. The average molecular weight is 242 g/mol. The summed E-state index contributed by atoms with van der Waals surface area (Å²) in [6, 6.07) is 11.1. The number of rotatable bonds is 3. The number of methoxy groups -OCH3 is 1. The molecule has 0 aliphatic carbocycles. The lowest BCUT2D eigenvalue weighted by molar-refractivity contribution is 0.0999. The van der Waals surface area contributed by atoms with E-state index in [2.05, 4.69) is 4.98 Å². The van der Waals surface area contributed by atoms with Crippen molar-refractivity contribution in [2.45, 2.75) is 6.92 Å². The van der Waals surface area contributed by atoms with Gasteiger partial charge in [0.25, 0.3) is 5.91 Å². The van der Waals surface area contributed by atoms with Crippen LogP contribution < -0.4 is 10.5 Å². The molecule has 0 bridgehead atoms. The highest BCUT2D eigenvalue weighted by Crippen LogP contribution is 2.21. The summed E-state index contributed by atoms with van der Waals surface area (Å²) in [5, 5.41) is 0. The van der Waals surface area contributed by atoms with Gasteiger partial charge in [0.2, 0.25) is 0 Å². The van der Waals surface area contributed by atoms with E-state index in [1.807, 2.05) is 24.3 Å². The van der Waals surface area contributed by atoms with Crippen molar-refractivity contribution < 1.29 is 9.53 Å². The van der Waals surface area contributed by atoms with E-state index in [9.17, 15) is 4.79 Å². The molecule has 0 radical (unpaired) electrons. The van der Waals surface area contributed by atoms with E-state index in [1.54, 1.807) is 26.2 Å². The number of primary amides is 1. The second-order valence-corrected chi connectivity index (χ2v) is 3.92. The Hall–Kier alpha value is -2.36. The van der Waals surface area contributed by atoms with Crippen LogP contribution >= 0.6 is 0 Å². The first kappa shape index (κ1) is 12.1. The van der Waals surface area contributed by atoms with Crippen LogP contribution in [0.15, 0.2) is 36.4 Å². The summed E-state index contributed by atoms with van der Waals surface area (Å²) >= 11 is 0. The Morgan fingerprint density at radius 3 is 2.33 bits per heavy atom. The molecule has 0 saturated heterocycles. The maximum Gasteiger partial charge on any atom is 0.250 e. The van der Waals surface area contributed by atoms with Crippen molar-refractivity contribution in [3.05, 3.63) is 47.7 Å². The first-order chi connectivity index (χ1) is 8.61. The van der Waals surface area contributed by atoms with Crippen molar-refractivity contribution in [2.75, 3.05) is 7.11 Å². The summed E-state index contributed by atoms with van der Waals surface area (Å²) in [6.07, 6.45) is 0. The van der Waals surface area contributed by atoms with Gasteiger partial charge in [0.15, 0.2) is 0 Å². The van der Waals surface area contributed by atoms with Crippen molar-refractivity contribution in [1.82, 2.24) is 4.98 Å². The van der Waals surface area contributed by atoms with E-state index in [-0.39, 0.29) is 0 Å². The number of aromatic nitrogens is 1. The Kier molecular flexibility index (Phi) is 3.28. The summed E-state index contributed by atoms with van der Waals surface area (Å²) in [7, 11) is 1.62. The van der Waals surface area contributed by atoms with E-state index in [0.29, 0.717) is 11.3 Å². The van der Waals surface area contributed by atoms with E-state index in [0.717, 1.165) is 17.0 Å². The second-order valence-electron chi connectivity index (χ2n) is 3.92. The van der Waals surface area contributed by atoms with Gasteiger partial charge in [-0.3, -0.25) is 9.78 Å². The van der Waals surface area contributed by atoms with E-state index < -0.39 is 5.91 Å². The summed E-state index contributed by atoms with van der Waals surface area (Å²) in [4.78, 5) is 15.5. The van der Waals surface area contributed by atoms with Gasteiger partial charge in [-0.2, -0.15) is 0 Å². The zero-order valence-electron chi connectivity index (χ0n) is 10.3. The number of carbonyl (C=O) groups excluding carboxylic acids is 1. The van der Waals surface area contributed by atoms with Gasteiger partial charge in [0.05, 0.1) is 24.1 Å². The quantitative estimate of drug-likeness (QED) is 0.897. The predicted octanol–water partition coefficient (Wildman–Crippen LogP) is 2.16. The molecule has 18 heavy (non-hydrogen) atoms. The van der Waals surface area contributed by atoms with Gasteiger partial charge in [-0.25, -0.2) is 0 Å². The first-order valence-electron chi connectivity index (χ1n) is 5.53. The normalized spacial score (nSPS) is 10.1. The van der Waals surface area contributed by atoms with Gasteiger partial charge in [0.1, 0.15) is 5.75 Å². The highest BCUT2D eigenvalue weighted by molar-refractivity contribution is 5.94. The van der Waals surface area contributed by atoms with Gasteiger partial charge >= 0.3 is 0 Å². The fraction of sp³-hybridized carbons (Fsp3) is 0.143. The number of amides is 1. The number of benzene rings is 1. The van der Waals surface area contributed by atoms with Gasteiger partial charge in [-0.1, -0.05) is 0 Å². The summed E-state index contributed by atoms with van der Waals surface area (Å²) in [5.41, 5.74) is 8.11. The number of aryl methyl sites for hydroxylation is 1. The lowest BCUT2D eigenvalue weighted by Crippen LogP contribution is -2.13. The highest BCUT2D eigenvalue weighted by atomic mass is 16.5. The molecule has 0 saturated carbocycles. The third kappa shape index (κ3) is 2.32. The molecule has 4 heteroatoms. The van der Waals surface area contributed by atoms with Crippen LogP contribution in [-0.4, -0.2) is 18.0 Å². The van der Waals surface area contributed by atoms with Gasteiger partial charge in [-0.15, -0.1) is 0 Å². The molecule has 1 heterocycles. The topological polar surface area (TPSA) is 65.2 Å². The molecule has 2 aromatic rings. The smallest absolute Gasteiger partial charge is 0.250 e. The zero-order valence-corrected chi connectivity index (χ0v) is 10.3. The predicted molar refractivity (Wildman–Crippen MR) is 69.5 cm³/mol. The molecule has 0 aliphatic rings. The van der Waals surface area contributed by atoms with Crippen molar-refractivity contribution in [3.63, 3.8) is 0 Å². The molecule has 0 aliphatic heterocycles. The third-order valence-corrected chi connectivity index (χ3v) is 2.74. The fourth-order valence-corrected chi connectivity index (χ4v) is 1.74. The van der Waals surface area contributed by atoms with Gasteiger partial charge in [0, 0.05) is 5.56 Å². The van der Waals surface area contributed by atoms with Gasteiger partial charge in [-0.05, 0) is 43.3 Å². The number of nitrogens with zero attached hydrogens (tertiary/aromatic N) is 1. The Balaban J connectivity index is 2.39. The van der Waals surface area contributed by atoms with Crippen LogP contribution in [0.1, 0.15) is 16.1 Å². The standard InChI is InChI=1S/C14H14N2O2/c1-9-12(14(15)17)7-8-13(16-9)10-3-5-11(18-2)6-4-10/h3-8H,1-2H3,(H2,15,17). The number of ether oxygens (including phenoxy) is 1. The molecule has 0 fully saturated rings. The zero-order chi connectivity index (χ0) is 13.1. The fourth-order valence-electron chi connectivity index (χ4n) is 1.74. The number of carbonyl (C=O) groups is 1. The molecule has 0 unspecified atom stereocenters. The Bertz CT molecular complexity index is 577. The van der Waals surface area contributed by atoms with Crippen LogP contribution in [0, 0.1) is 6.92 Å². The largest absolute Gasteiger partial charge is 0.497 e. The maximum atomic E-state index is 11.1. The third-order valence-electron chi connectivity index (χ3n) is 2.74. The summed E-state index contributed by atoms with van der Waals surface area (Å²) in [6.45, 7) is 1.77. The Morgan fingerprint density at radius 1 is 1.17 bits per heavy atom. The van der Waals surface area contributed by atoms with Gasteiger partial charge < -0.3 is 10.5 Å². The number of hydrogen-bond donors (Lipinski definition) is 1. The van der Waals surface area contributed by atoms with Crippen molar-refractivity contribution in [3.8, 4) is 17.0 Å². The number of pyridine rings is 1. The minimum absolute atomic E-state index is 0.451. The molecule has 2 rings (SSSR count). The van der Waals surface area contributed by atoms with Crippen LogP contribution in [0.2, 0.25) is 0 Å². The SMILES string of the molecule is COc1ccc(-c2ccc(C(N)=O)c(C)n2)cc1. The second kappa shape index (κ2) is 4.87. The summed E-state index contributed by atoms with van der Waals surface area (Å²) in [5.74, 6) is 0.338. The van der Waals surface area contributed by atoms with Crippen molar-refractivity contribution >= 4 is 5.91 Å². The highest BCUT2D eigenvalue weighted by Gasteiger charge is 2.08. The monoisotopic (exact) mass is 242 g/mol. The van der Waals surface area contributed by atoms with Crippen LogP contribution in [0.5, 0.6) is 5.75 Å². The van der Waals surface area contributed by atoms with Crippen LogP contribution in [0.3, 0.4) is 0 Å². The van der Waals surface area contributed by atoms with Crippen LogP contribution in [-0.2, 0) is 0 Å². The number of nitrogens with two attached hydrogens (primary N) is 1.